The molecule has 6 rings (SSSR count). The van der Waals surface area contributed by atoms with Gasteiger partial charge < -0.3 is 10.6 Å². The van der Waals surface area contributed by atoms with Gasteiger partial charge in [-0.05, 0) is 112 Å². The fourth-order valence-corrected chi connectivity index (χ4v) is 11.0. The Bertz CT molecular complexity index is 1020. The Morgan fingerprint density at radius 2 is 1.60 bits per heavy atom. The van der Waals surface area contributed by atoms with Crippen LogP contribution in [0.4, 0.5) is 0 Å². The van der Waals surface area contributed by atoms with E-state index in [1.54, 1.807) is 6.08 Å². The van der Waals surface area contributed by atoms with Gasteiger partial charge in [0.05, 0.1) is 5.41 Å². The summed E-state index contributed by atoms with van der Waals surface area (Å²) < 4.78 is 0. The van der Waals surface area contributed by atoms with Crippen molar-refractivity contribution < 1.29 is 9.59 Å². The lowest BCUT2D eigenvalue weighted by molar-refractivity contribution is -0.176. The summed E-state index contributed by atoms with van der Waals surface area (Å²) in [4.78, 5) is 30.0. The molecule has 0 saturated heterocycles. The van der Waals surface area contributed by atoms with Gasteiger partial charge in [0, 0.05) is 24.5 Å². The van der Waals surface area contributed by atoms with Crippen LogP contribution in [-0.2, 0) is 9.59 Å². The first-order chi connectivity index (χ1) is 19.3. The summed E-state index contributed by atoms with van der Waals surface area (Å²) >= 11 is 6.18. The minimum atomic E-state index is -0.410. The van der Waals surface area contributed by atoms with Crippen molar-refractivity contribution in [3.63, 3.8) is 0 Å². The first kappa shape index (κ1) is 28.7. The van der Waals surface area contributed by atoms with Crippen LogP contribution in [0, 0.1) is 39.9 Å². The van der Waals surface area contributed by atoms with E-state index in [4.69, 9.17) is 12.2 Å². The van der Waals surface area contributed by atoms with Crippen molar-refractivity contribution in [2.24, 2.45) is 39.9 Å². The predicted molar refractivity (Wildman–Crippen MR) is 164 cm³/mol. The van der Waals surface area contributed by atoms with Crippen molar-refractivity contribution in [1.82, 2.24) is 15.5 Å². The second-order valence-corrected chi connectivity index (χ2v) is 15.5. The standard InChI is InChI=1S/C34H53N3O2S/c1-32-18-9-14-26(32)34(21-16-28-33(2,27(34)15-19-32)20-17-29(38)36-28)30(39)37(23-25-12-7-4-8-13-25)31(40)35-22-24-10-5-3-6-11-24/h17,20,24-28H,3-16,18-19,21-23H2,1-2H3,(H,35,40)(H,36,38)/t26-,27-,28-,32+,33-,34?/m1/s1. The van der Waals surface area contributed by atoms with E-state index in [0.29, 0.717) is 28.8 Å². The molecule has 6 heteroatoms. The number of hydrogen-bond acceptors (Lipinski definition) is 3. The monoisotopic (exact) mass is 567 g/mol. The normalized spacial score (nSPS) is 40.0. The van der Waals surface area contributed by atoms with Gasteiger partial charge in [0.2, 0.25) is 11.8 Å². The summed E-state index contributed by atoms with van der Waals surface area (Å²) in [7, 11) is 0. The lowest BCUT2D eigenvalue weighted by Gasteiger charge is -2.64. The maximum absolute atomic E-state index is 15.5. The third-order valence-corrected chi connectivity index (χ3v) is 13.3. The number of carbonyl (C=O) groups is 2. The molecular weight excluding hydrogens is 514 g/mol. The molecule has 0 aromatic rings. The van der Waals surface area contributed by atoms with Gasteiger partial charge >= 0.3 is 0 Å². The quantitative estimate of drug-likeness (QED) is 0.355. The first-order valence-electron chi connectivity index (χ1n) is 16.9. The highest BCUT2D eigenvalue weighted by Crippen LogP contribution is 2.69. The van der Waals surface area contributed by atoms with Crippen LogP contribution in [0.25, 0.3) is 0 Å². The Kier molecular flexibility index (Phi) is 8.13. The van der Waals surface area contributed by atoms with Crippen LogP contribution in [0.5, 0.6) is 0 Å². The number of amides is 2. The Morgan fingerprint density at radius 3 is 2.33 bits per heavy atom. The molecule has 0 radical (unpaired) electrons. The van der Waals surface area contributed by atoms with Gasteiger partial charge in [-0.2, -0.15) is 0 Å². The average molecular weight is 568 g/mol. The SMILES string of the molecule is C[C@@]12CCC[C@H]1C1(C(=O)N(CC3CCCCC3)C(=S)NCC3CCCCC3)CC[C@H]3NC(=O)C=C[C@]3(C)[C@H]1CC2. The van der Waals surface area contributed by atoms with Crippen LogP contribution in [0.3, 0.4) is 0 Å². The smallest absolute Gasteiger partial charge is 0.243 e. The molecule has 2 amide bonds. The van der Waals surface area contributed by atoms with Gasteiger partial charge in [0.25, 0.3) is 0 Å². The fourth-order valence-electron chi connectivity index (χ4n) is 10.7. The van der Waals surface area contributed by atoms with Gasteiger partial charge in [0.1, 0.15) is 0 Å². The zero-order valence-electron chi connectivity index (χ0n) is 25.1. The molecule has 40 heavy (non-hydrogen) atoms. The van der Waals surface area contributed by atoms with Crippen molar-refractivity contribution in [3.8, 4) is 0 Å². The van der Waals surface area contributed by atoms with Crippen LogP contribution in [0.2, 0.25) is 0 Å². The second kappa shape index (κ2) is 11.3. The minimum absolute atomic E-state index is 0.0230. The third kappa shape index (κ3) is 4.96. The summed E-state index contributed by atoms with van der Waals surface area (Å²) in [6.45, 7) is 6.50. The van der Waals surface area contributed by atoms with Crippen molar-refractivity contribution >= 4 is 29.1 Å². The molecule has 6 atom stereocenters. The van der Waals surface area contributed by atoms with E-state index in [2.05, 4.69) is 35.5 Å². The van der Waals surface area contributed by atoms with Crippen LogP contribution < -0.4 is 10.6 Å². The molecule has 0 spiro atoms. The maximum atomic E-state index is 15.5. The van der Waals surface area contributed by atoms with Crippen molar-refractivity contribution in [2.75, 3.05) is 13.1 Å². The summed E-state index contributed by atoms with van der Waals surface area (Å²) in [6, 6.07) is 0.116. The summed E-state index contributed by atoms with van der Waals surface area (Å²) in [5.74, 6) is 2.19. The number of nitrogens with one attached hydrogen (secondary N) is 2. The van der Waals surface area contributed by atoms with Gasteiger partial charge in [-0.25, -0.2) is 0 Å². The Morgan fingerprint density at radius 1 is 0.900 bits per heavy atom. The predicted octanol–water partition coefficient (Wildman–Crippen LogP) is 6.91. The first-order valence-corrected chi connectivity index (χ1v) is 17.3. The lowest BCUT2D eigenvalue weighted by atomic mass is 9.41. The fraction of sp³-hybridized carbons (Fsp3) is 0.853. The number of thiocarbonyl (C=S) groups is 1. The van der Waals surface area contributed by atoms with E-state index in [0.717, 1.165) is 38.8 Å². The molecule has 1 heterocycles. The van der Waals surface area contributed by atoms with Gasteiger partial charge in [-0.15, -0.1) is 0 Å². The number of rotatable bonds is 5. The molecule has 5 aliphatic carbocycles. The van der Waals surface area contributed by atoms with Crippen LogP contribution in [0.1, 0.15) is 123 Å². The molecule has 2 N–H and O–H groups in total. The topological polar surface area (TPSA) is 61.4 Å². The van der Waals surface area contributed by atoms with E-state index < -0.39 is 5.41 Å². The van der Waals surface area contributed by atoms with Gasteiger partial charge in [-0.3, -0.25) is 14.5 Å². The molecule has 0 aromatic carbocycles. The molecule has 5 nitrogen and oxygen atoms in total. The van der Waals surface area contributed by atoms with Gasteiger partial charge in [0.15, 0.2) is 5.11 Å². The van der Waals surface area contributed by atoms with Crippen LogP contribution in [0.15, 0.2) is 12.2 Å². The van der Waals surface area contributed by atoms with E-state index in [1.165, 1.54) is 83.5 Å². The third-order valence-electron chi connectivity index (χ3n) is 12.9. The summed E-state index contributed by atoms with van der Waals surface area (Å²) in [5, 5.41) is 7.66. The van der Waals surface area contributed by atoms with E-state index in [9.17, 15) is 4.79 Å². The molecule has 0 aromatic heterocycles. The zero-order chi connectivity index (χ0) is 28.0. The number of carbonyl (C=O) groups excluding carboxylic acids is 2. The molecule has 6 aliphatic rings. The minimum Gasteiger partial charge on any atom is -0.362 e. The Hall–Kier alpha value is -1.43. The molecule has 222 valence electrons. The molecule has 1 unspecified atom stereocenters. The molecule has 5 saturated carbocycles. The van der Waals surface area contributed by atoms with E-state index >= 15 is 4.79 Å². The highest BCUT2D eigenvalue weighted by Gasteiger charge is 2.68. The number of nitrogens with zero attached hydrogens (tertiary/aromatic N) is 1. The largest absolute Gasteiger partial charge is 0.362 e. The average Bonchev–Trinajstić information content (AvgIpc) is 3.38. The van der Waals surface area contributed by atoms with Crippen molar-refractivity contribution in [2.45, 2.75) is 129 Å². The van der Waals surface area contributed by atoms with Gasteiger partial charge in [-0.1, -0.05) is 64.9 Å². The maximum Gasteiger partial charge on any atom is 0.243 e. The summed E-state index contributed by atoms with van der Waals surface area (Å²) in [6.07, 6.45) is 24.4. The molecule has 0 bridgehead atoms. The van der Waals surface area contributed by atoms with E-state index in [1.807, 2.05) is 0 Å². The zero-order valence-corrected chi connectivity index (χ0v) is 26.0. The Balaban J connectivity index is 1.35. The number of fused-ring (bicyclic) bond motifs is 5. The highest BCUT2D eigenvalue weighted by atomic mass is 32.1. The highest BCUT2D eigenvalue weighted by molar-refractivity contribution is 7.80. The lowest BCUT2D eigenvalue weighted by Crippen LogP contribution is -2.68. The molecular formula is C34H53N3O2S. The van der Waals surface area contributed by atoms with E-state index in [-0.39, 0.29) is 28.7 Å². The molecule has 5 fully saturated rings. The van der Waals surface area contributed by atoms with Crippen molar-refractivity contribution in [3.05, 3.63) is 12.2 Å². The Labute approximate surface area is 248 Å². The van der Waals surface area contributed by atoms with Crippen LogP contribution in [-0.4, -0.2) is 41.0 Å². The second-order valence-electron chi connectivity index (χ2n) is 15.1. The number of hydrogen-bond donors (Lipinski definition) is 2. The van der Waals surface area contributed by atoms with Crippen molar-refractivity contribution in [1.29, 1.82) is 0 Å². The summed E-state index contributed by atoms with van der Waals surface area (Å²) in [5.41, 5.74) is -0.379. The van der Waals surface area contributed by atoms with Crippen LogP contribution >= 0.6 is 12.2 Å². The molecule has 1 aliphatic heterocycles.